The zero-order valence-electron chi connectivity index (χ0n) is 14.5. The molecule has 1 unspecified atom stereocenters. The summed E-state index contributed by atoms with van der Waals surface area (Å²) in [5, 5.41) is 3.54. The van der Waals surface area contributed by atoms with Crippen molar-refractivity contribution in [3.63, 3.8) is 0 Å². The van der Waals surface area contributed by atoms with Crippen LogP contribution in [-0.4, -0.2) is 27.9 Å². The smallest absolute Gasteiger partial charge is 0.128 e. The molecule has 0 radical (unpaired) electrons. The lowest BCUT2D eigenvalue weighted by Gasteiger charge is -2.32. The summed E-state index contributed by atoms with van der Waals surface area (Å²) in [6.07, 6.45) is 8.46. The molecule has 0 bridgehead atoms. The van der Waals surface area contributed by atoms with Crippen molar-refractivity contribution in [2.45, 2.75) is 24.8 Å². The molecule has 2 heterocycles. The summed E-state index contributed by atoms with van der Waals surface area (Å²) >= 11 is 0. The molecule has 3 aromatic rings. The average molecular weight is 340 g/mol. The topological polar surface area (TPSA) is 50.2 Å². The highest BCUT2D eigenvalue weighted by atomic mass is 15.1. The van der Waals surface area contributed by atoms with Crippen LogP contribution >= 0.6 is 0 Å². The number of hydrogen-bond acceptors (Lipinski definition) is 4. The Kier molecular flexibility index (Phi) is 3.56. The monoisotopic (exact) mass is 340 g/mol. The second-order valence-corrected chi connectivity index (χ2v) is 7.15. The van der Waals surface area contributed by atoms with Crippen molar-refractivity contribution in [1.82, 2.24) is 15.3 Å². The predicted molar refractivity (Wildman–Crippen MR) is 103 cm³/mol. The lowest BCUT2D eigenvalue weighted by atomic mass is 9.76. The normalized spacial score (nSPS) is 21.2. The Balaban J connectivity index is 1.49. The molecule has 1 aliphatic carbocycles. The van der Waals surface area contributed by atoms with Crippen molar-refractivity contribution in [1.29, 1.82) is 0 Å². The van der Waals surface area contributed by atoms with Crippen LogP contribution in [-0.2, 0) is 12.8 Å². The van der Waals surface area contributed by atoms with Gasteiger partial charge in [0.25, 0.3) is 0 Å². The first-order valence-electron chi connectivity index (χ1n) is 9.08. The van der Waals surface area contributed by atoms with Crippen LogP contribution in [0.15, 0.2) is 72.2 Å². The minimum atomic E-state index is -0.0238. The summed E-state index contributed by atoms with van der Waals surface area (Å²) < 4.78 is 0. The second kappa shape index (κ2) is 6.06. The summed E-state index contributed by atoms with van der Waals surface area (Å²) in [6.45, 7) is 0.912. The van der Waals surface area contributed by atoms with Crippen LogP contribution in [0, 0.1) is 0 Å². The minimum absolute atomic E-state index is 0.0238. The Hall–Kier alpha value is -3.01. The van der Waals surface area contributed by atoms with Gasteiger partial charge in [-0.1, -0.05) is 48.5 Å². The molecule has 0 saturated heterocycles. The van der Waals surface area contributed by atoms with Gasteiger partial charge in [0.15, 0.2) is 0 Å². The van der Waals surface area contributed by atoms with Crippen molar-refractivity contribution in [2.75, 3.05) is 6.54 Å². The Labute approximate surface area is 153 Å². The Bertz CT molecular complexity index is 966. The SMILES string of the molecule is c1ccc(C2=NC3(CCc4c(cccc4-c4cncnc4)C3)CN2)cc1. The van der Waals surface area contributed by atoms with Gasteiger partial charge in [0.05, 0.1) is 5.54 Å². The molecular formula is C22H20N4. The lowest BCUT2D eigenvalue weighted by Crippen LogP contribution is -2.38. The van der Waals surface area contributed by atoms with E-state index in [1.807, 2.05) is 18.5 Å². The molecule has 2 aromatic carbocycles. The maximum Gasteiger partial charge on any atom is 0.128 e. The van der Waals surface area contributed by atoms with Crippen molar-refractivity contribution in [3.8, 4) is 11.1 Å². The molecule has 1 atom stereocenters. The van der Waals surface area contributed by atoms with E-state index < -0.39 is 0 Å². The summed E-state index contributed by atoms with van der Waals surface area (Å²) in [5.74, 6) is 1.03. The van der Waals surface area contributed by atoms with Crippen LogP contribution < -0.4 is 5.32 Å². The highest BCUT2D eigenvalue weighted by molar-refractivity contribution is 6.00. The maximum atomic E-state index is 5.13. The van der Waals surface area contributed by atoms with Crippen LogP contribution in [0.5, 0.6) is 0 Å². The first-order chi connectivity index (χ1) is 12.8. The van der Waals surface area contributed by atoms with Crippen molar-refractivity contribution in [2.24, 2.45) is 4.99 Å². The molecule has 1 N–H and O–H groups in total. The van der Waals surface area contributed by atoms with Gasteiger partial charge in [0, 0.05) is 30.1 Å². The zero-order chi connectivity index (χ0) is 17.4. The van der Waals surface area contributed by atoms with Gasteiger partial charge >= 0.3 is 0 Å². The van der Waals surface area contributed by atoms with Crippen LogP contribution in [0.25, 0.3) is 11.1 Å². The molecule has 1 spiro atoms. The van der Waals surface area contributed by atoms with E-state index in [1.165, 1.54) is 22.3 Å². The number of aromatic nitrogens is 2. The quantitative estimate of drug-likeness (QED) is 0.778. The third-order valence-corrected chi connectivity index (χ3v) is 5.49. The van der Waals surface area contributed by atoms with Gasteiger partial charge in [0.2, 0.25) is 0 Å². The fourth-order valence-electron chi connectivity index (χ4n) is 4.18. The van der Waals surface area contributed by atoms with E-state index in [4.69, 9.17) is 4.99 Å². The molecule has 2 aliphatic rings. The second-order valence-electron chi connectivity index (χ2n) is 7.15. The third-order valence-electron chi connectivity index (χ3n) is 5.49. The van der Waals surface area contributed by atoms with Crippen LogP contribution in [0.1, 0.15) is 23.1 Å². The van der Waals surface area contributed by atoms with Crippen LogP contribution in [0.4, 0.5) is 0 Å². The number of nitrogens with zero attached hydrogens (tertiary/aromatic N) is 3. The first kappa shape index (κ1) is 15.3. The van der Waals surface area contributed by atoms with Gasteiger partial charge in [-0.25, -0.2) is 9.97 Å². The van der Waals surface area contributed by atoms with Gasteiger partial charge in [-0.3, -0.25) is 4.99 Å². The van der Waals surface area contributed by atoms with Gasteiger partial charge in [0.1, 0.15) is 12.2 Å². The zero-order valence-corrected chi connectivity index (χ0v) is 14.5. The Morgan fingerprint density at radius 2 is 1.73 bits per heavy atom. The van der Waals surface area contributed by atoms with E-state index in [9.17, 15) is 0 Å². The predicted octanol–water partition coefficient (Wildman–Crippen LogP) is 3.42. The molecular weight excluding hydrogens is 320 g/mol. The molecule has 4 heteroatoms. The fourth-order valence-corrected chi connectivity index (χ4v) is 4.18. The van der Waals surface area contributed by atoms with Crippen molar-refractivity contribution in [3.05, 3.63) is 83.9 Å². The fraction of sp³-hybridized carbons (Fsp3) is 0.227. The van der Waals surface area contributed by atoms with E-state index in [0.29, 0.717) is 0 Å². The number of aliphatic imine (C=N–C) groups is 1. The highest BCUT2D eigenvalue weighted by Crippen LogP contribution is 2.38. The van der Waals surface area contributed by atoms with E-state index in [-0.39, 0.29) is 5.54 Å². The van der Waals surface area contributed by atoms with Gasteiger partial charge in [-0.2, -0.15) is 0 Å². The maximum absolute atomic E-state index is 5.13. The summed E-state index contributed by atoms with van der Waals surface area (Å²) in [5.41, 5.74) is 6.33. The third kappa shape index (κ3) is 2.58. The van der Waals surface area contributed by atoms with Crippen molar-refractivity contribution >= 4 is 5.84 Å². The van der Waals surface area contributed by atoms with Gasteiger partial charge < -0.3 is 5.32 Å². The summed E-state index contributed by atoms with van der Waals surface area (Å²) in [6, 6.07) is 17.0. The molecule has 128 valence electrons. The lowest BCUT2D eigenvalue weighted by molar-refractivity contribution is 0.395. The molecule has 26 heavy (non-hydrogen) atoms. The molecule has 0 fully saturated rings. The molecule has 4 nitrogen and oxygen atoms in total. The van der Waals surface area contributed by atoms with E-state index in [1.54, 1.807) is 6.33 Å². The molecule has 1 aromatic heterocycles. The van der Waals surface area contributed by atoms with Crippen LogP contribution in [0.2, 0.25) is 0 Å². The van der Waals surface area contributed by atoms with E-state index >= 15 is 0 Å². The molecule has 0 amide bonds. The molecule has 5 rings (SSSR count). The van der Waals surface area contributed by atoms with E-state index in [2.05, 4.69) is 57.7 Å². The number of benzene rings is 2. The summed E-state index contributed by atoms with van der Waals surface area (Å²) in [4.78, 5) is 13.5. The highest BCUT2D eigenvalue weighted by Gasteiger charge is 2.38. The minimum Gasteiger partial charge on any atom is -0.367 e. The molecule has 0 saturated carbocycles. The average Bonchev–Trinajstić information content (AvgIpc) is 3.12. The van der Waals surface area contributed by atoms with Crippen molar-refractivity contribution < 1.29 is 0 Å². The number of hydrogen-bond donors (Lipinski definition) is 1. The standard InChI is InChI=1S/C22H20N4/c1-2-5-16(6-3-1)21-25-14-22(26-21)10-9-20-17(11-22)7-4-8-19(20)18-12-23-15-24-13-18/h1-8,12-13,15H,9-11,14H2,(H,25,26). The number of rotatable bonds is 2. The Morgan fingerprint density at radius 3 is 2.58 bits per heavy atom. The summed E-state index contributed by atoms with van der Waals surface area (Å²) in [7, 11) is 0. The van der Waals surface area contributed by atoms with Crippen LogP contribution in [0.3, 0.4) is 0 Å². The Morgan fingerprint density at radius 1 is 0.885 bits per heavy atom. The van der Waals surface area contributed by atoms with E-state index in [0.717, 1.165) is 37.2 Å². The number of fused-ring (bicyclic) bond motifs is 1. The van der Waals surface area contributed by atoms with Gasteiger partial charge in [-0.05, 0) is 36.0 Å². The first-order valence-corrected chi connectivity index (χ1v) is 9.08. The molecule has 1 aliphatic heterocycles. The number of nitrogens with one attached hydrogen (secondary N) is 1. The largest absolute Gasteiger partial charge is 0.367 e. The number of amidine groups is 1. The van der Waals surface area contributed by atoms with Gasteiger partial charge in [-0.15, -0.1) is 0 Å².